The van der Waals surface area contributed by atoms with Crippen molar-refractivity contribution in [2.75, 3.05) is 52.6 Å². The lowest BCUT2D eigenvalue weighted by molar-refractivity contribution is -0.550. The number of nitrogens with zero attached hydrogens (tertiary/aromatic N) is 2. The molecule has 4 nitrogen and oxygen atoms in total. The van der Waals surface area contributed by atoms with E-state index in [4.69, 9.17) is 9.47 Å². The molecule has 0 aromatic heterocycles. The smallest absolute Gasteiger partial charge is 0.184 e. The van der Waals surface area contributed by atoms with Crippen molar-refractivity contribution in [3.8, 4) is 0 Å². The van der Waals surface area contributed by atoms with E-state index in [2.05, 4.69) is 132 Å². The lowest BCUT2D eigenvalue weighted by Crippen LogP contribution is -2.38. The van der Waals surface area contributed by atoms with Crippen LogP contribution in [0.1, 0.15) is 35.1 Å². The van der Waals surface area contributed by atoms with Crippen molar-refractivity contribution in [1.29, 1.82) is 0 Å². The molecular formula is C39H45N2O2P+2. The van der Waals surface area contributed by atoms with Crippen LogP contribution in [0.3, 0.4) is 0 Å². The van der Waals surface area contributed by atoms with E-state index in [1.807, 2.05) is 0 Å². The average molecular weight is 605 g/mol. The van der Waals surface area contributed by atoms with E-state index < -0.39 is 7.92 Å². The predicted octanol–water partition coefficient (Wildman–Crippen LogP) is 5.95. The van der Waals surface area contributed by atoms with Crippen molar-refractivity contribution < 1.29 is 18.6 Å². The van der Waals surface area contributed by atoms with Gasteiger partial charge in [0.05, 0.1) is 0 Å². The fourth-order valence-corrected chi connectivity index (χ4v) is 9.31. The van der Waals surface area contributed by atoms with E-state index in [1.165, 1.54) is 44.3 Å². The Morgan fingerprint density at radius 2 is 0.909 bits per heavy atom. The Labute approximate surface area is 264 Å². The Morgan fingerprint density at radius 1 is 0.545 bits per heavy atom. The highest BCUT2D eigenvalue weighted by Crippen LogP contribution is 2.44. The number of ether oxygens (including phenoxy) is 2. The molecule has 0 radical (unpaired) electrons. The molecule has 2 heterocycles. The van der Waals surface area contributed by atoms with Crippen LogP contribution in [-0.2, 0) is 9.47 Å². The second-order valence-corrected chi connectivity index (χ2v) is 14.4. The molecule has 6 rings (SSSR count). The van der Waals surface area contributed by atoms with Crippen molar-refractivity contribution in [2.45, 2.75) is 32.3 Å². The number of hydrogen-bond donors (Lipinski definition) is 0. The van der Waals surface area contributed by atoms with Gasteiger partial charge in [0.25, 0.3) is 0 Å². The van der Waals surface area contributed by atoms with Gasteiger partial charge in [0.15, 0.2) is 37.6 Å². The lowest BCUT2D eigenvalue weighted by Gasteiger charge is -2.30. The molecule has 0 saturated carbocycles. The minimum atomic E-state index is -0.672. The van der Waals surface area contributed by atoms with Crippen LogP contribution in [0.5, 0.6) is 0 Å². The fraction of sp³-hybridized carbons (Fsp3) is 0.333. The Bertz CT molecular complexity index is 1430. The summed E-state index contributed by atoms with van der Waals surface area (Å²) >= 11 is 0. The zero-order chi connectivity index (χ0) is 30.1. The number of benzene rings is 4. The molecule has 4 aromatic rings. The largest absolute Gasteiger partial charge is 0.368 e. The van der Waals surface area contributed by atoms with E-state index in [0.29, 0.717) is 5.66 Å². The highest BCUT2D eigenvalue weighted by Gasteiger charge is 2.34. The molecule has 2 saturated heterocycles. The Kier molecular flexibility index (Phi) is 10.5. The number of aryl methyl sites for hydroxylation is 2. The average Bonchev–Trinajstić information content (AvgIpc) is 3.08. The minimum absolute atomic E-state index is 0.382. The molecular weight excluding hydrogens is 559 g/mol. The summed E-state index contributed by atoms with van der Waals surface area (Å²) in [6.07, 6.45) is 2.00. The first kappa shape index (κ1) is 30.6. The number of rotatable bonds is 9. The van der Waals surface area contributed by atoms with Crippen molar-refractivity contribution in [3.05, 3.63) is 131 Å². The van der Waals surface area contributed by atoms with Crippen LogP contribution in [0.4, 0.5) is 0 Å². The van der Waals surface area contributed by atoms with Gasteiger partial charge in [-0.3, -0.25) is 0 Å². The maximum Gasteiger partial charge on any atom is 0.184 e. The Morgan fingerprint density at radius 3 is 1.27 bits per heavy atom. The molecule has 0 unspecified atom stereocenters. The van der Waals surface area contributed by atoms with Crippen molar-refractivity contribution in [2.24, 2.45) is 0 Å². The zero-order valence-corrected chi connectivity index (χ0v) is 27.1. The molecule has 2 aliphatic heterocycles. The third-order valence-corrected chi connectivity index (χ3v) is 11.7. The van der Waals surface area contributed by atoms with Gasteiger partial charge < -0.3 is 9.47 Å². The second kappa shape index (κ2) is 15.0. The normalized spacial score (nSPS) is 15.5. The van der Waals surface area contributed by atoms with E-state index in [0.717, 1.165) is 65.4 Å². The molecule has 4 aromatic carbocycles. The SMILES string of the molecule is Cc1ccc(C(CC(CC(c2ccc(C)cc2)=[N+]2CCOCC2)P(c2ccccc2)c2ccccc2)=[N+]2CCOCC2)cc1. The van der Waals surface area contributed by atoms with Crippen molar-refractivity contribution in [1.82, 2.24) is 0 Å². The maximum absolute atomic E-state index is 5.83. The van der Waals surface area contributed by atoms with Crippen molar-refractivity contribution >= 4 is 30.0 Å². The van der Waals surface area contributed by atoms with Gasteiger partial charge in [-0.05, 0) is 56.6 Å². The van der Waals surface area contributed by atoms with Gasteiger partial charge in [0, 0.05) is 29.6 Å². The Hall–Kier alpha value is -3.43. The van der Waals surface area contributed by atoms with Gasteiger partial charge in [-0.15, -0.1) is 0 Å². The van der Waals surface area contributed by atoms with Crippen LogP contribution >= 0.6 is 7.92 Å². The van der Waals surface area contributed by atoms with Gasteiger partial charge >= 0.3 is 0 Å². The summed E-state index contributed by atoms with van der Waals surface area (Å²) in [5, 5.41) is 2.88. The highest BCUT2D eigenvalue weighted by molar-refractivity contribution is 7.73. The quantitative estimate of drug-likeness (QED) is 0.174. The molecule has 44 heavy (non-hydrogen) atoms. The van der Waals surface area contributed by atoms with Gasteiger partial charge in [-0.1, -0.05) is 96.1 Å². The summed E-state index contributed by atoms with van der Waals surface area (Å²) in [5.41, 5.74) is 8.54. The van der Waals surface area contributed by atoms with E-state index in [1.54, 1.807) is 0 Å². The van der Waals surface area contributed by atoms with Gasteiger partial charge in [-0.25, -0.2) is 9.15 Å². The lowest BCUT2D eigenvalue weighted by atomic mass is 9.97. The molecule has 0 aliphatic carbocycles. The molecule has 0 atom stereocenters. The maximum atomic E-state index is 5.83. The third-order valence-electron chi connectivity index (χ3n) is 8.85. The molecule has 0 bridgehead atoms. The molecule has 5 heteroatoms. The first-order valence-electron chi connectivity index (χ1n) is 16.1. The molecule has 0 amide bonds. The summed E-state index contributed by atoms with van der Waals surface area (Å²) in [6.45, 7) is 11.2. The molecule has 2 fully saturated rings. The predicted molar refractivity (Wildman–Crippen MR) is 184 cm³/mol. The molecule has 2 aliphatic rings. The highest BCUT2D eigenvalue weighted by atomic mass is 31.1. The van der Waals surface area contributed by atoms with E-state index in [-0.39, 0.29) is 0 Å². The van der Waals surface area contributed by atoms with Crippen LogP contribution in [0, 0.1) is 13.8 Å². The van der Waals surface area contributed by atoms with Crippen LogP contribution in [0.25, 0.3) is 0 Å². The van der Waals surface area contributed by atoms with Gasteiger partial charge in [0.1, 0.15) is 26.4 Å². The van der Waals surface area contributed by atoms with Gasteiger partial charge in [-0.2, -0.15) is 0 Å². The first-order valence-corrected chi connectivity index (χ1v) is 17.5. The van der Waals surface area contributed by atoms with Crippen LogP contribution in [0.2, 0.25) is 0 Å². The third kappa shape index (κ3) is 7.61. The van der Waals surface area contributed by atoms with Crippen LogP contribution in [0.15, 0.2) is 109 Å². The zero-order valence-electron chi connectivity index (χ0n) is 26.2. The van der Waals surface area contributed by atoms with E-state index >= 15 is 0 Å². The summed E-state index contributed by atoms with van der Waals surface area (Å²) < 4.78 is 16.9. The standard InChI is InChI=1S/C39H45N2O2P/c1-31-13-17-33(18-14-31)38(40-21-25-42-26-22-40)29-37(44(35-9-5-3-6-10-35)36-11-7-4-8-12-36)30-39(41-23-27-43-28-24-41)34-19-15-32(2)16-20-34/h3-20,37H,21-30H2,1-2H3/q+2. The molecule has 0 spiro atoms. The first-order chi connectivity index (χ1) is 21.7. The van der Waals surface area contributed by atoms with Gasteiger partial charge in [0.2, 0.25) is 0 Å². The summed E-state index contributed by atoms with van der Waals surface area (Å²) in [5.74, 6) is 0. The van der Waals surface area contributed by atoms with Crippen LogP contribution < -0.4 is 10.6 Å². The number of morpholine rings is 2. The summed E-state index contributed by atoms with van der Waals surface area (Å²) in [4.78, 5) is 0. The molecule has 0 N–H and O–H groups in total. The topological polar surface area (TPSA) is 24.5 Å². The van der Waals surface area contributed by atoms with Crippen molar-refractivity contribution in [3.63, 3.8) is 0 Å². The summed E-state index contributed by atoms with van der Waals surface area (Å²) in [6, 6.07) is 40.9. The molecule has 226 valence electrons. The monoisotopic (exact) mass is 604 g/mol. The van der Waals surface area contributed by atoms with E-state index in [9.17, 15) is 0 Å². The van der Waals surface area contributed by atoms with Crippen LogP contribution in [-0.4, -0.2) is 78.8 Å². The summed E-state index contributed by atoms with van der Waals surface area (Å²) in [7, 11) is -0.672. The number of hydrogen-bond acceptors (Lipinski definition) is 2. The minimum Gasteiger partial charge on any atom is -0.368 e. The Balaban J connectivity index is 1.52. The second-order valence-electron chi connectivity index (χ2n) is 11.9. The fourth-order valence-electron chi connectivity index (χ4n) is 6.47.